The summed E-state index contributed by atoms with van der Waals surface area (Å²) in [5.74, 6) is -0.0839. The lowest BCUT2D eigenvalue weighted by Crippen LogP contribution is -2.06. The van der Waals surface area contributed by atoms with Crippen molar-refractivity contribution < 1.29 is 4.39 Å². The first-order valence-corrected chi connectivity index (χ1v) is 3.79. The molecule has 0 spiro atoms. The van der Waals surface area contributed by atoms with Gasteiger partial charge in [0.1, 0.15) is 5.82 Å². The Morgan fingerprint density at radius 1 is 1.55 bits per heavy atom. The summed E-state index contributed by atoms with van der Waals surface area (Å²) in [6.45, 7) is 2.72. The average Bonchev–Trinajstić information content (AvgIpc) is 2.35. The van der Waals surface area contributed by atoms with Crippen molar-refractivity contribution in [2.24, 2.45) is 0 Å². The summed E-state index contributed by atoms with van der Waals surface area (Å²) in [4.78, 5) is 0. The number of benzene rings is 1. The first kappa shape index (κ1) is 6.80. The highest BCUT2D eigenvalue weighted by Crippen LogP contribution is 2.26. The highest BCUT2D eigenvalue weighted by molar-refractivity contribution is 5.34. The second-order valence-electron chi connectivity index (χ2n) is 2.91. The van der Waals surface area contributed by atoms with E-state index in [1.165, 1.54) is 6.07 Å². The molecule has 0 bridgehead atoms. The minimum absolute atomic E-state index is 0.0839. The van der Waals surface area contributed by atoms with Crippen LogP contribution in [0.3, 0.4) is 0 Å². The van der Waals surface area contributed by atoms with E-state index in [1.807, 2.05) is 13.0 Å². The van der Waals surface area contributed by atoms with Crippen LogP contribution in [0, 0.1) is 5.82 Å². The van der Waals surface area contributed by atoms with Gasteiger partial charge in [-0.25, -0.2) is 4.39 Å². The van der Waals surface area contributed by atoms with Crippen molar-refractivity contribution in [2.75, 3.05) is 0 Å². The lowest BCUT2D eigenvalue weighted by Gasteiger charge is -2.02. The minimum Gasteiger partial charge on any atom is -0.306 e. The fourth-order valence-electron chi connectivity index (χ4n) is 1.53. The van der Waals surface area contributed by atoms with E-state index in [-0.39, 0.29) is 5.82 Å². The van der Waals surface area contributed by atoms with Crippen LogP contribution in [0.2, 0.25) is 0 Å². The molecule has 2 heteroatoms. The van der Waals surface area contributed by atoms with Gasteiger partial charge in [0.25, 0.3) is 0 Å². The molecule has 2 rings (SSSR count). The Morgan fingerprint density at radius 3 is 3.09 bits per heavy atom. The first-order valence-electron chi connectivity index (χ1n) is 3.79. The predicted octanol–water partition coefficient (Wildman–Crippen LogP) is 1.99. The molecule has 1 aromatic rings. The summed E-state index contributed by atoms with van der Waals surface area (Å²) in [6.07, 6.45) is 0. The van der Waals surface area contributed by atoms with E-state index >= 15 is 0 Å². The molecule has 0 saturated carbocycles. The van der Waals surface area contributed by atoms with E-state index in [0.29, 0.717) is 12.6 Å². The zero-order chi connectivity index (χ0) is 7.84. The summed E-state index contributed by atoms with van der Waals surface area (Å²) < 4.78 is 13.0. The van der Waals surface area contributed by atoms with E-state index in [4.69, 9.17) is 0 Å². The Kier molecular flexibility index (Phi) is 1.43. The SMILES string of the molecule is C[C@H]1NCc2c(F)cccc21. The number of nitrogens with one attached hydrogen (secondary N) is 1. The fourth-order valence-corrected chi connectivity index (χ4v) is 1.53. The third kappa shape index (κ3) is 0.942. The molecule has 11 heavy (non-hydrogen) atoms. The topological polar surface area (TPSA) is 12.0 Å². The number of halogens is 1. The second-order valence-corrected chi connectivity index (χ2v) is 2.91. The molecule has 1 aliphatic rings. The largest absolute Gasteiger partial charge is 0.306 e. The molecule has 0 aliphatic carbocycles. The first-order chi connectivity index (χ1) is 5.29. The van der Waals surface area contributed by atoms with Gasteiger partial charge in [-0.2, -0.15) is 0 Å². The highest BCUT2D eigenvalue weighted by Gasteiger charge is 2.19. The summed E-state index contributed by atoms with van der Waals surface area (Å²) in [5, 5.41) is 3.19. The monoisotopic (exact) mass is 151 g/mol. The molecule has 1 N–H and O–H groups in total. The van der Waals surface area contributed by atoms with Crippen LogP contribution < -0.4 is 5.32 Å². The number of hydrogen-bond donors (Lipinski definition) is 1. The zero-order valence-corrected chi connectivity index (χ0v) is 6.39. The molecular weight excluding hydrogens is 141 g/mol. The Bertz CT molecular complexity index is 283. The Hall–Kier alpha value is -0.890. The summed E-state index contributed by atoms with van der Waals surface area (Å²) in [5.41, 5.74) is 1.94. The fraction of sp³-hybridized carbons (Fsp3) is 0.333. The van der Waals surface area contributed by atoms with Crippen LogP contribution in [0.1, 0.15) is 24.1 Å². The average molecular weight is 151 g/mol. The molecule has 0 aromatic heterocycles. The van der Waals surface area contributed by atoms with Gasteiger partial charge in [0, 0.05) is 18.2 Å². The van der Waals surface area contributed by atoms with Gasteiger partial charge in [0.2, 0.25) is 0 Å². The van der Waals surface area contributed by atoms with Crippen LogP contribution in [-0.2, 0) is 6.54 Å². The summed E-state index contributed by atoms with van der Waals surface area (Å²) in [7, 11) is 0. The maximum Gasteiger partial charge on any atom is 0.128 e. The molecule has 1 heterocycles. The third-order valence-corrected chi connectivity index (χ3v) is 2.21. The Labute approximate surface area is 65.2 Å². The van der Waals surface area contributed by atoms with Crippen LogP contribution in [0.4, 0.5) is 4.39 Å². The van der Waals surface area contributed by atoms with Gasteiger partial charge >= 0.3 is 0 Å². The van der Waals surface area contributed by atoms with Crippen LogP contribution >= 0.6 is 0 Å². The molecule has 1 aliphatic heterocycles. The summed E-state index contributed by atoms with van der Waals surface area (Å²) >= 11 is 0. The molecule has 1 aromatic carbocycles. The second kappa shape index (κ2) is 2.31. The lowest BCUT2D eigenvalue weighted by molar-refractivity contribution is 0.600. The maximum absolute atomic E-state index is 13.0. The normalized spacial score (nSPS) is 21.8. The molecule has 0 unspecified atom stereocenters. The van der Waals surface area contributed by atoms with Gasteiger partial charge in [-0.05, 0) is 18.6 Å². The molecule has 1 nitrogen and oxygen atoms in total. The van der Waals surface area contributed by atoms with Crippen LogP contribution in [0.15, 0.2) is 18.2 Å². The van der Waals surface area contributed by atoms with Crippen molar-refractivity contribution in [3.8, 4) is 0 Å². The van der Waals surface area contributed by atoms with Gasteiger partial charge < -0.3 is 5.32 Å². The molecule has 1 atom stereocenters. The molecule has 0 saturated heterocycles. The zero-order valence-electron chi connectivity index (χ0n) is 6.39. The smallest absolute Gasteiger partial charge is 0.128 e. The minimum atomic E-state index is -0.0839. The molecule has 0 radical (unpaired) electrons. The van der Waals surface area contributed by atoms with E-state index in [1.54, 1.807) is 6.07 Å². The van der Waals surface area contributed by atoms with Crippen LogP contribution in [0.5, 0.6) is 0 Å². The van der Waals surface area contributed by atoms with E-state index < -0.39 is 0 Å². The molecule has 58 valence electrons. The highest BCUT2D eigenvalue weighted by atomic mass is 19.1. The van der Waals surface area contributed by atoms with E-state index in [0.717, 1.165) is 11.1 Å². The number of hydrogen-bond acceptors (Lipinski definition) is 1. The van der Waals surface area contributed by atoms with E-state index in [9.17, 15) is 4.39 Å². The van der Waals surface area contributed by atoms with Crippen molar-refractivity contribution in [1.82, 2.24) is 5.32 Å². The maximum atomic E-state index is 13.0. The molecule has 0 fully saturated rings. The van der Waals surface area contributed by atoms with Crippen LogP contribution in [0.25, 0.3) is 0 Å². The number of rotatable bonds is 0. The Balaban J connectivity index is 2.57. The Morgan fingerprint density at radius 2 is 2.36 bits per heavy atom. The standard InChI is InChI=1S/C9H10FN/c1-6-7-3-2-4-9(10)8(7)5-11-6/h2-4,6,11H,5H2,1H3/t6-/m1/s1. The van der Waals surface area contributed by atoms with Crippen molar-refractivity contribution in [1.29, 1.82) is 0 Å². The quantitative estimate of drug-likeness (QED) is 0.598. The summed E-state index contributed by atoms with van der Waals surface area (Å²) in [6, 6.07) is 5.56. The van der Waals surface area contributed by atoms with Crippen molar-refractivity contribution in [3.63, 3.8) is 0 Å². The lowest BCUT2D eigenvalue weighted by atomic mass is 10.1. The van der Waals surface area contributed by atoms with Gasteiger partial charge in [-0.15, -0.1) is 0 Å². The van der Waals surface area contributed by atoms with Crippen molar-refractivity contribution in [3.05, 3.63) is 35.1 Å². The third-order valence-electron chi connectivity index (χ3n) is 2.21. The van der Waals surface area contributed by atoms with Gasteiger partial charge in [-0.1, -0.05) is 12.1 Å². The predicted molar refractivity (Wildman–Crippen MR) is 41.7 cm³/mol. The van der Waals surface area contributed by atoms with Gasteiger partial charge in [0.05, 0.1) is 0 Å². The number of fused-ring (bicyclic) bond motifs is 1. The molecular formula is C9H10FN. The van der Waals surface area contributed by atoms with Crippen molar-refractivity contribution >= 4 is 0 Å². The van der Waals surface area contributed by atoms with Crippen molar-refractivity contribution in [2.45, 2.75) is 19.5 Å². The van der Waals surface area contributed by atoms with Gasteiger partial charge in [-0.3, -0.25) is 0 Å². The van der Waals surface area contributed by atoms with Crippen LogP contribution in [-0.4, -0.2) is 0 Å². The van der Waals surface area contributed by atoms with E-state index in [2.05, 4.69) is 5.32 Å². The molecule has 0 amide bonds. The van der Waals surface area contributed by atoms with Gasteiger partial charge in [0.15, 0.2) is 0 Å².